The van der Waals surface area contributed by atoms with Gasteiger partial charge < -0.3 is 10.1 Å². The first kappa shape index (κ1) is 21.1. The summed E-state index contributed by atoms with van der Waals surface area (Å²) in [5.74, 6) is -0.0397. The molecular weight excluding hydrogens is 402 g/mol. The van der Waals surface area contributed by atoms with E-state index in [0.29, 0.717) is 16.3 Å². The molecule has 0 atom stereocenters. The summed E-state index contributed by atoms with van der Waals surface area (Å²) in [6, 6.07) is 21.1. The number of nitrogens with one attached hydrogen (secondary N) is 2. The van der Waals surface area contributed by atoms with Crippen LogP contribution in [0.15, 0.2) is 77.9 Å². The Kier molecular flexibility index (Phi) is 7.19. The molecule has 6 nitrogen and oxygen atoms in total. The van der Waals surface area contributed by atoms with Crippen LogP contribution in [-0.2, 0) is 4.79 Å². The van der Waals surface area contributed by atoms with Crippen LogP contribution in [0.25, 0.3) is 0 Å². The molecule has 0 spiro atoms. The number of carbonyl (C=O) groups excluding carboxylic acids is 2. The van der Waals surface area contributed by atoms with Crippen LogP contribution < -0.4 is 15.5 Å². The standard InChI is InChI=1S/C23H20ClN3O3/c1-16-5-2-3-8-21(16)26-22(28)15-30-20-11-9-17(10-12-20)14-25-27-23(29)18-6-4-7-19(24)13-18/h2-14H,15H2,1H3,(H,26,28)(H,27,29). The maximum absolute atomic E-state index is 12.0. The second-order valence-corrected chi connectivity index (χ2v) is 6.87. The van der Waals surface area contributed by atoms with E-state index in [2.05, 4.69) is 15.8 Å². The lowest BCUT2D eigenvalue weighted by molar-refractivity contribution is -0.118. The number of carbonyl (C=O) groups is 2. The summed E-state index contributed by atoms with van der Waals surface area (Å²) >= 11 is 5.87. The third-order valence-electron chi connectivity index (χ3n) is 4.14. The van der Waals surface area contributed by atoms with E-state index >= 15 is 0 Å². The number of benzene rings is 3. The first-order valence-electron chi connectivity index (χ1n) is 9.18. The summed E-state index contributed by atoms with van der Waals surface area (Å²) in [4.78, 5) is 24.0. The lowest BCUT2D eigenvalue weighted by Crippen LogP contribution is -2.20. The Morgan fingerprint density at radius 1 is 1.03 bits per heavy atom. The Bertz CT molecular complexity index is 1070. The highest BCUT2D eigenvalue weighted by atomic mass is 35.5. The lowest BCUT2D eigenvalue weighted by atomic mass is 10.2. The minimum Gasteiger partial charge on any atom is -0.484 e. The summed E-state index contributed by atoms with van der Waals surface area (Å²) in [6.07, 6.45) is 1.51. The highest BCUT2D eigenvalue weighted by Crippen LogP contribution is 2.14. The molecule has 7 heteroatoms. The molecule has 0 fully saturated rings. The molecule has 0 bridgehead atoms. The smallest absolute Gasteiger partial charge is 0.271 e. The van der Waals surface area contributed by atoms with E-state index in [1.54, 1.807) is 48.5 Å². The number of para-hydroxylation sites is 1. The average Bonchev–Trinajstić information content (AvgIpc) is 2.75. The Labute approximate surface area is 179 Å². The zero-order valence-electron chi connectivity index (χ0n) is 16.3. The number of aryl methyl sites for hydroxylation is 1. The van der Waals surface area contributed by atoms with Crippen molar-refractivity contribution in [2.24, 2.45) is 5.10 Å². The number of ether oxygens (including phenoxy) is 1. The van der Waals surface area contributed by atoms with Crippen molar-refractivity contribution in [2.45, 2.75) is 6.92 Å². The van der Waals surface area contributed by atoms with Crippen LogP contribution in [0.5, 0.6) is 5.75 Å². The van der Waals surface area contributed by atoms with E-state index in [9.17, 15) is 9.59 Å². The highest BCUT2D eigenvalue weighted by molar-refractivity contribution is 6.30. The summed E-state index contributed by atoms with van der Waals surface area (Å²) in [6.45, 7) is 1.83. The molecular formula is C23H20ClN3O3. The monoisotopic (exact) mass is 421 g/mol. The number of nitrogens with zero attached hydrogens (tertiary/aromatic N) is 1. The second kappa shape index (κ2) is 10.2. The molecule has 0 saturated carbocycles. The van der Waals surface area contributed by atoms with Crippen molar-refractivity contribution in [3.05, 3.63) is 94.5 Å². The van der Waals surface area contributed by atoms with Gasteiger partial charge >= 0.3 is 0 Å². The van der Waals surface area contributed by atoms with Crippen molar-refractivity contribution < 1.29 is 14.3 Å². The topological polar surface area (TPSA) is 79.8 Å². The third-order valence-corrected chi connectivity index (χ3v) is 4.37. The van der Waals surface area contributed by atoms with Crippen molar-refractivity contribution >= 4 is 35.3 Å². The number of hydrogen-bond donors (Lipinski definition) is 2. The fraction of sp³-hybridized carbons (Fsp3) is 0.0870. The molecule has 3 aromatic carbocycles. The Morgan fingerprint density at radius 3 is 2.53 bits per heavy atom. The van der Waals surface area contributed by atoms with E-state index in [0.717, 1.165) is 16.8 Å². The van der Waals surface area contributed by atoms with Gasteiger partial charge in [0.1, 0.15) is 5.75 Å². The SMILES string of the molecule is Cc1ccccc1NC(=O)COc1ccc(C=NNC(=O)c2cccc(Cl)c2)cc1. The maximum atomic E-state index is 12.0. The summed E-state index contributed by atoms with van der Waals surface area (Å²) < 4.78 is 5.51. The first-order valence-corrected chi connectivity index (χ1v) is 9.56. The lowest BCUT2D eigenvalue weighted by Gasteiger charge is -2.09. The Hall–Kier alpha value is -3.64. The molecule has 3 aromatic rings. The van der Waals surface area contributed by atoms with Crippen molar-refractivity contribution in [3.8, 4) is 5.75 Å². The van der Waals surface area contributed by atoms with E-state index in [4.69, 9.17) is 16.3 Å². The van der Waals surface area contributed by atoms with Gasteiger partial charge in [0.2, 0.25) is 0 Å². The predicted molar refractivity (Wildman–Crippen MR) is 118 cm³/mol. The van der Waals surface area contributed by atoms with Gasteiger partial charge in [-0.15, -0.1) is 0 Å². The van der Waals surface area contributed by atoms with Crippen molar-refractivity contribution in [1.82, 2.24) is 5.43 Å². The second-order valence-electron chi connectivity index (χ2n) is 6.43. The number of anilines is 1. The number of hydrazone groups is 1. The summed E-state index contributed by atoms with van der Waals surface area (Å²) in [5, 5.41) is 7.23. The van der Waals surface area contributed by atoms with E-state index in [-0.39, 0.29) is 18.4 Å². The number of hydrogen-bond acceptors (Lipinski definition) is 4. The van der Waals surface area contributed by atoms with Gasteiger partial charge in [-0.3, -0.25) is 9.59 Å². The van der Waals surface area contributed by atoms with Crippen molar-refractivity contribution in [1.29, 1.82) is 0 Å². The fourth-order valence-electron chi connectivity index (χ4n) is 2.56. The van der Waals surface area contributed by atoms with Crippen LogP contribution in [0.4, 0.5) is 5.69 Å². The fourth-order valence-corrected chi connectivity index (χ4v) is 2.75. The molecule has 0 aromatic heterocycles. The Balaban J connectivity index is 1.47. The van der Waals surface area contributed by atoms with Crippen LogP contribution in [0, 0.1) is 6.92 Å². The molecule has 2 amide bonds. The van der Waals surface area contributed by atoms with Gasteiger partial charge in [0.25, 0.3) is 11.8 Å². The van der Waals surface area contributed by atoms with E-state index in [1.165, 1.54) is 6.21 Å². The third kappa shape index (κ3) is 6.18. The van der Waals surface area contributed by atoms with Crippen molar-refractivity contribution in [2.75, 3.05) is 11.9 Å². The molecule has 0 radical (unpaired) electrons. The van der Waals surface area contributed by atoms with Crippen molar-refractivity contribution in [3.63, 3.8) is 0 Å². The highest BCUT2D eigenvalue weighted by Gasteiger charge is 2.06. The van der Waals surface area contributed by atoms with Gasteiger partial charge in [-0.1, -0.05) is 35.9 Å². The number of amides is 2. The number of halogens is 1. The summed E-state index contributed by atoms with van der Waals surface area (Å²) in [7, 11) is 0. The molecule has 0 heterocycles. The summed E-state index contributed by atoms with van der Waals surface area (Å²) in [5.41, 5.74) is 5.38. The largest absolute Gasteiger partial charge is 0.484 e. The molecule has 0 aliphatic carbocycles. The Morgan fingerprint density at radius 2 is 1.80 bits per heavy atom. The quantitative estimate of drug-likeness (QED) is 0.437. The maximum Gasteiger partial charge on any atom is 0.271 e. The minimum atomic E-state index is -0.353. The molecule has 30 heavy (non-hydrogen) atoms. The normalized spacial score (nSPS) is 10.6. The van der Waals surface area contributed by atoms with Gasteiger partial charge in [0.15, 0.2) is 6.61 Å². The van der Waals surface area contributed by atoms with Gasteiger partial charge in [-0.05, 0) is 66.6 Å². The molecule has 0 unspecified atom stereocenters. The van der Waals surface area contributed by atoms with Crippen LogP contribution in [0.3, 0.4) is 0 Å². The van der Waals surface area contributed by atoms with Crippen LogP contribution in [-0.4, -0.2) is 24.6 Å². The predicted octanol–water partition coefficient (Wildman–Crippen LogP) is 4.43. The van der Waals surface area contributed by atoms with E-state index < -0.39 is 0 Å². The van der Waals surface area contributed by atoms with Crippen LogP contribution in [0.1, 0.15) is 21.5 Å². The van der Waals surface area contributed by atoms with Gasteiger partial charge in [-0.2, -0.15) is 5.10 Å². The zero-order valence-corrected chi connectivity index (χ0v) is 17.0. The van der Waals surface area contributed by atoms with Crippen LogP contribution in [0.2, 0.25) is 5.02 Å². The molecule has 0 saturated heterocycles. The van der Waals surface area contributed by atoms with Gasteiger partial charge in [-0.25, -0.2) is 5.43 Å². The minimum absolute atomic E-state index is 0.0997. The molecule has 152 valence electrons. The first-order chi connectivity index (χ1) is 14.5. The van der Waals surface area contributed by atoms with E-state index in [1.807, 2.05) is 31.2 Å². The van der Waals surface area contributed by atoms with Crippen LogP contribution >= 0.6 is 11.6 Å². The van der Waals surface area contributed by atoms with Gasteiger partial charge in [0, 0.05) is 16.3 Å². The average molecular weight is 422 g/mol. The molecule has 0 aliphatic heterocycles. The number of rotatable bonds is 7. The zero-order chi connectivity index (χ0) is 21.3. The molecule has 2 N–H and O–H groups in total. The van der Waals surface area contributed by atoms with Gasteiger partial charge in [0.05, 0.1) is 6.21 Å². The molecule has 0 aliphatic rings. The molecule has 3 rings (SSSR count).